The van der Waals surface area contributed by atoms with Crippen LogP contribution >= 0.6 is 0 Å². The highest BCUT2D eigenvalue weighted by molar-refractivity contribution is 5.45. The van der Waals surface area contributed by atoms with Crippen molar-refractivity contribution in [2.24, 2.45) is 0 Å². The Morgan fingerprint density at radius 3 is 2.38 bits per heavy atom. The van der Waals surface area contributed by atoms with Crippen LogP contribution in [-0.4, -0.2) is 14.8 Å². The van der Waals surface area contributed by atoms with Gasteiger partial charge in [-0.05, 0) is 25.0 Å². The molecule has 0 aliphatic heterocycles. The Bertz CT molecular complexity index is 384. The summed E-state index contributed by atoms with van der Waals surface area (Å²) in [7, 11) is 0. The van der Waals surface area contributed by atoms with Crippen LogP contribution in [-0.2, 0) is 0 Å². The minimum atomic E-state index is 1.13. The average Bonchev–Trinajstić information content (AvgIpc) is 2.57. The summed E-state index contributed by atoms with van der Waals surface area (Å²) < 4.78 is 1.80. The minimum Gasteiger partial charge on any atom is -0.223 e. The Morgan fingerprint density at radius 1 is 1.15 bits per heavy atom. The summed E-state index contributed by atoms with van der Waals surface area (Å²) in [5.74, 6) is 0. The van der Waals surface area contributed by atoms with Crippen LogP contribution in [0.4, 0.5) is 0 Å². The molecule has 0 saturated carbocycles. The van der Waals surface area contributed by atoms with Crippen molar-refractivity contribution in [1.29, 1.82) is 0 Å². The van der Waals surface area contributed by atoms with Crippen molar-refractivity contribution in [2.45, 2.75) is 13.8 Å². The second kappa shape index (κ2) is 3.01. The summed E-state index contributed by atoms with van der Waals surface area (Å²) in [5, 5.41) is 4.11. The highest BCUT2D eigenvalue weighted by atomic mass is 15.3. The number of para-hydroxylation sites is 1. The Hall–Kier alpha value is -1.64. The molecular formula is C10H11N3. The number of hydrogen-bond donors (Lipinski definition) is 0. The first-order valence-electron chi connectivity index (χ1n) is 4.20. The Kier molecular flexibility index (Phi) is 1.85. The molecule has 1 heterocycles. The maximum Gasteiger partial charge on any atom is 0.138 e. The van der Waals surface area contributed by atoms with Crippen LogP contribution in [0.2, 0.25) is 0 Å². The molecule has 0 amide bonds. The summed E-state index contributed by atoms with van der Waals surface area (Å²) in [6.45, 7) is 4.15. The predicted molar refractivity (Wildman–Crippen MR) is 50.8 cm³/mol. The van der Waals surface area contributed by atoms with Crippen molar-refractivity contribution in [3.05, 3.63) is 42.0 Å². The molecule has 0 fully saturated rings. The fourth-order valence-corrected chi connectivity index (χ4v) is 1.49. The highest BCUT2D eigenvalue weighted by Gasteiger charge is 2.03. The van der Waals surface area contributed by atoms with E-state index in [0.717, 1.165) is 5.69 Å². The standard InChI is InChI=1S/C10H11N3/c1-8-4-3-5-9(2)10(8)13-7-11-6-12-13/h3-7H,1-2H3. The Balaban J connectivity index is 2.64. The molecule has 1 aromatic carbocycles. The zero-order valence-corrected chi connectivity index (χ0v) is 7.73. The monoisotopic (exact) mass is 173 g/mol. The lowest BCUT2D eigenvalue weighted by Crippen LogP contribution is -1.99. The van der Waals surface area contributed by atoms with E-state index >= 15 is 0 Å². The lowest BCUT2D eigenvalue weighted by Gasteiger charge is -2.07. The average molecular weight is 173 g/mol. The van der Waals surface area contributed by atoms with Gasteiger partial charge in [0.25, 0.3) is 0 Å². The number of benzene rings is 1. The van der Waals surface area contributed by atoms with E-state index in [-0.39, 0.29) is 0 Å². The van der Waals surface area contributed by atoms with Crippen LogP contribution in [0.25, 0.3) is 5.69 Å². The van der Waals surface area contributed by atoms with Gasteiger partial charge in [-0.15, -0.1) is 0 Å². The molecular weight excluding hydrogens is 162 g/mol. The summed E-state index contributed by atoms with van der Waals surface area (Å²) in [4.78, 5) is 3.93. The Labute approximate surface area is 77.0 Å². The lowest BCUT2D eigenvalue weighted by atomic mass is 10.1. The molecule has 0 bridgehead atoms. The van der Waals surface area contributed by atoms with E-state index in [9.17, 15) is 0 Å². The highest BCUT2D eigenvalue weighted by Crippen LogP contribution is 2.16. The van der Waals surface area contributed by atoms with Crippen molar-refractivity contribution in [2.75, 3.05) is 0 Å². The molecule has 1 aromatic heterocycles. The molecule has 2 rings (SSSR count). The first-order valence-corrected chi connectivity index (χ1v) is 4.20. The first kappa shape index (κ1) is 7.98. The molecule has 3 nitrogen and oxygen atoms in total. The molecule has 0 saturated heterocycles. The number of hydrogen-bond acceptors (Lipinski definition) is 2. The summed E-state index contributed by atoms with van der Waals surface area (Å²) in [5.41, 5.74) is 3.55. The largest absolute Gasteiger partial charge is 0.223 e. The summed E-state index contributed by atoms with van der Waals surface area (Å²) in [6, 6.07) is 6.19. The molecule has 2 aromatic rings. The third kappa shape index (κ3) is 1.33. The van der Waals surface area contributed by atoms with Gasteiger partial charge in [-0.2, -0.15) is 5.10 Å². The van der Waals surface area contributed by atoms with Crippen molar-refractivity contribution in [3.63, 3.8) is 0 Å². The minimum absolute atomic E-state index is 1.13. The quantitative estimate of drug-likeness (QED) is 0.659. The maximum atomic E-state index is 4.11. The van der Waals surface area contributed by atoms with Gasteiger partial charge in [-0.25, -0.2) is 9.67 Å². The van der Waals surface area contributed by atoms with Crippen LogP contribution < -0.4 is 0 Å². The molecule has 0 aliphatic carbocycles. The van der Waals surface area contributed by atoms with Gasteiger partial charge < -0.3 is 0 Å². The van der Waals surface area contributed by atoms with E-state index in [0.29, 0.717) is 0 Å². The molecule has 0 atom stereocenters. The van der Waals surface area contributed by atoms with Crippen molar-refractivity contribution in [3.8, 4) is 5.69 Å². The molecule has 0 unspecified atom stereocenters. The van der Waals surface area contributed by atoms with E-state index < -0.39 is 0 Å². The third-order valence-corrected chi connectivity index (χ3v) is 2.09. The second-order valence-electron chi connectivity index (χ2n) is 3.08. The molecule has 3 heteroatoms. The van der Waals surface area contributed by atoms with Gasteiger partial charge in [0.05, 0.1) is 5.69 Å². The van der Waals surface area contributed by atoms with Crippen LogP contribution in [0.15, 0.2) is 30.9 Å². The fourth-order valence-electron chi connectivity index (χ4n) is 1.49. The number of aromatic nitrogens is 3. The molecule has 0 aliphatic rings. The molecule has 0 radical (unpaired) electrons. The topological polar surface area (TPSA) is 30.7 Å². The molecule has 0 N–H and O–H groups in total. The van der Waals surface area contributed by atoms with Crippen molar-refractivity contribution in [1.82, 2.24) is 14.8 Å². The van der Waals surface area contributed by atoms with Gasteiger partial charge in [0.1, 0.15) is 12.7 Å². The van der Waals surface area contributed by atoms with E-state index in [1.54, 1.807) is 17.3 Å². The van der Waals surface area contributed by atoms with Crippen LogP contribution in [0.1, 0.15) is 11.1 Å². The molecule has 66 valence electrons. The smallest absolute Gasteiger partial charge is 0.138 e. The van der Waals surface area contributed by atoms with E-state index in [4.69, 9.17) is 0 Å². The molecule has 13 heavy (non-hydrogen) atoms. The normalized spacial score (nSPS) is 10.3. The third-order valence-electron chi connectivity index (χ3n) is 2.09. The second-order valence-corrected chi connectivity index (χ2v) is 3.08. The van der Waals surface area contributed by atoms with Crippen molar-refractivity contribution >= 4 is 0 Å². The predicted octanol–water partition coefficient (Wildman–Crippen LogP) is 1.88. The zero-order valence-electron chi connectivity index (χ0n) is 7.73. The van der Waals surface area contributed by atoms with Gasteiger partial charge in [-0.1, -0.05) is 18.2 Å². The van der Waals surface area contributed by atoms with Gasteiger partial charge in [0.2, 0.25) is 0 Å². The number of aryl methyl sites for hydroxylation is 2. The van der Waals surface area contributed by atoms with Gasteiger partial charge in [0.15, 0.2) is 0 Å². The fraction of sp³-hybridized carbons (Fsp3) is 0.200. The number of nitrogens with zero attached hydrogens (tertiary/aromatic N) is 3. The number of rotatable bonds is 1. The van der Waals surface area contributed by atoms with E-state index in [1.165, 1.54) is 11.1 Å². The van der Waals surface area contributed by atoms with E-state index in [2.05, 4.69) is 36.1 Å². The summed E-state index contributed by atoms with van der Waals surface area (Å²) >= 11 is 0. The Morgan fingerprint density at radius 2 is 1.85 bits per heavy atom. The van der Waals surface area contributed by atoms with Crippen LogP contribution in [0.5, 0.6) is 0 Å². The SMILES string of the molecule is Cc1cccc(C)c1-n1cncn1. The van der Waals surface area contributed by atoms with Gasteiger partial charge in [-0.3, -0.25) is 0 Å². The van der Waals surface area contributed by atoms with Crippen LogP contribution in [0.3, 0.4) is 0 Å². The lowest BCUT2D eigenvalue weighted by molar-refractivity contribution is 0.863. The van der Waals surface area contributed by atoms with Gasteiger partial charge in [0, 0.05) is 0 Å². The van der Waals surface area contributed by atoms with E-state index in [1.807, 2.05) is 6.07 Å². The van der Waals surface area contributed by atoms with Gasteiger partial charge >= 0.3 is 0 Å². The van der Waals surface area contributed by atoms with Crippen molar-refractivity contribution < 1.29 is 0 Å². The summed E-state index contributed by atoms with van der Waals surface area (Å²) in [6.07, 6.45) is 3.27. The first-order chi connectivity index (χ1) is 6.29. The van der Waals surface area contributed by atoms with Crippen LogP contribution in [0, 0.1) is 13.8 Å². The zero-order chi connectivity index (χ0) is 9.26. The maximum absolute atomic E-state index is 4.11. The molecule has 0 spiro atoms.